The number of ether oxygens (including phenoxy) is 2. The van der Waals surface area contributed by atoms with E-state index >= 15 is 0 Å². The molecule has 0 spiro atoms. The first-order valence-electron chi connectivity index (χ1n) is 11.1. The quantitative estimate of drug-likeness (QED) is 0.463. The van der Waals surface area contributed by atoms with Crippen LogP contribution >= 0.6 is 27.7 Å². The Balaban J connectivity index is 1.51. The fourth-order valence-corrected chi connectivity index (χ4v) is 5.24. The van der Waals surface area contributed by atoms with E-state index in [1.165, 1.54) is 5.56 Å². The van der Waals surface area contributed by atoms with E-state index in [0.717, 1.165) is 28.6 Å². The van der Waals surface area contributed by atoms with Gasteiger partial charge in [0.15, 0.2) is 0 Å². The summed E-state index contributed by atoms with van der Waals surface area (Å²) in [7, 11) is 0. The van der Waals surface area contributed by atoms with Crippen molar-refractivity contribution in [1.82, 2.24) is 9.80 Å². The molecule has 2 aliphatic heterocycles. The van der Waals surface area contributed by atoms with Gasteiger partial charge in [0.1, 0.15) is 18.0 Å². The number of nitrogens with zero attached hydrogens (tertiary/aromatic N) is 2. The van der Waals surface area contributed by atoms with Crippen molar-refractivity contribution in [2.45, 2.75) is 26.8 Å². The Morgan fingerprint density at radius 2 is 1.79 bits per heavy atom. The highest BCUT2D eigenvalue weighted by atomic mass is 79.9. The largest absolute Gasteiger partial charge is 0.493 e. The third-order valence-corrected chi connectivity index (χ3v) is 7.13. The molecule has 0 aliphatic carbocycles. The first kappa shape index (κ1) is 24.3. The normalized spacial score (nSPS) is 16.7. The average Bonchev–Trinajstić information content (AvgIpc) is 3.09. The first-order valence-corrected chi connectivity index (χ1v) is 12.7. The van der Waals surface area contributed by atoms with Gasteiger partial charge in [-0.2, -0.15) is 0 Å². The number of hydrogen-bond donors (Lipinski definition) is 0. The molecule has 9 heteroatoms. The summed E-state index contributed by atoms with van der Waals surface area (Å²) in [6.07, 6.45) is 2.38. The molecule has 2 aromatic carbocycles. The van der Waals surface area contributed by atoms with E-state index in [2.05, 4.69) is 22.0 Å². The number of amides is 3. The van der Waals surface area contributed by atoms with Gasteiger partial charge in [0.25, 0.3) is 11.1 Å². The van der Waals surface area contributed by atoms with Crippen LogP contribution in [-0.2, 0) is 22.6 Å². The van der Waals surface area contributed by atoms with E-state index in [0.29, 0.717) is 47.8 Å². The highest BCUT2D eigenvalue weighted by molar-refractivity contribution is 9.10. The molecule has 0 aromatic heterocycles. The van der Waals surface area contributed by atoms with Gasteiger partial charge in [-0.25, -0.2) is 0 Å². The summed E-state index contributed by atoms with van der Waals surface area (Å²) in [5.41, 5.74) is 2.97. The maximum absolute atomic E-state index is 13.0. The fourth-order valence-electron chi connectivity index (χ4n) is 3.93. The highest BCUT2D eigenvalue weighted by Gasteiger charge is 2.37. The molecule has 0 N–H and O–H groups in total. The zero-order valence-electron chi connectivity index (χ0n) is 19.0. The Kier molecular flexibility index (Phi) is 7.63. The van der Waals surface area contributed by atoms with Crippen molar-refractivity contribution in [1.29, 1.82) is 0 Å². The summed E-state index contributed by atoms with van der Waals surface area (Å²) >= 11 is 4.31. The predicted molar refractivity (Wildman–Crippen MR) is 135 cm³/mol. The Hall–Kier alpha value is -2.78. The van der Waals surface area contributed by atoms with Gasteiger partial charge in [-0.05, 0) is 71.2 Å². The molecule has 0 unspecified atom stereocenters. The Labute approximate surface area is 211 Å². The van der Waals surface area contributed by atoms with Crippen molar-refractivity contribution < 1.29 is 23.9 Å². The topological polar surface area (TPSA) is 76.2 Å². The molecule has 0 atom stereocenters. The van der Waals surface area contributed by atoms with Gasteiger partial charge < -0.3 is 14.4 Å². The standard InChI is InChI=1S/C25H25BrN2O5S/c1-3-32-20-13-21(33-4-2)19(26)11-18(20)12-22-24(30)28(25(31)34-22)15-23(29)27-10-9-16-7-5-6-8-17(16)14-27/h5-8,11-13H,3-4,9-10,14-15H2,1-2H3/b22-12-. The minimum atomic E-state index is -0.479. The molecule has 34 heavy (non-hydrogen) atoms. The predicted octanol–water partition coefficient (Wildman–Crippen LogP) is 4.87. The number of halogens is 1. The summed E-state index contributed by atoms with van der Waals surface area (Å²) in [6.45, 7) is 5.47. The van der Waals surface area contributed by atoms with E-state index < -0.39 is 11.1 Å². The van der Waals surface area contributed by atoms with Gasteiger partial charge >= 0.3 is 0 Å². The summed E-state index contributed by atoms with van der Waals surface area (Å²) in [5, 5.41) is -0.454. The van der Waals surface area contributed by atoms with Crippen molar-refractivity contribution in [3.8, 4) is 11.5 Å². The third kappa shape index (κ3) is 5.15. The van der Waals surface area contributed by atoms with E-state index in [1.807, 2.05) is 32.0 Å². The molecule has 2 aliphatic rings. The number of rotatable bonds is 7. The van der Waals surface area contributed by atoms with Crippen molar-refractivity contribution in [3.63, 3.8) is 0 Å². The zero-order valence-corrected chi connectivity index (χ0v) is 21.4. The summed E-state index contributed by atoms with van der Waals surface area (Å²) < 4.78 is 12.0. The molecule has 0 radical (unpaired) electrons. The average molecular weight is 545 g/mol. The Morgan fingerprint density at radius 3 is 2.53 bits per heavy atom. The SMILES string of the molecule is CCOc1cc(OCC)c(/C=C2\SC(=O)N(CC(=O)N3CCc4ccccc4C3)C2=O)cc1Br. The van der Waals surface area contributed by atoms with Crippen LogP contribution < -0.4 is 9.47 Å². The van der Waals surface area contributed by atoms with Crippen LogP contribution in [0.15, 0.2) is 45.8 Å². The number of benzene rings is 2. The van der Waals surface area contributed by atoms with Crippen molar-refractivity contribution in [2.24, 2.45) is 0 Å². The van der Waals surface area contributed by atoms with Gasteiger partial charge in [-0.15, -0.1) is 0 Å². The lowest BCUT2D eigenvalue weighted by molar-refractivity contribution is -0.136. The minimum absolute atomic E-state index is 0.239. The van der Waals surface area contributed by atoms with E-state index in [-0.39, 0.29) is 17.4 Å². The third-order valence-electron chi connectivity index (χ3n) is 5.60. The summed E-state index contributed by atoms with van der Waals surface area (Å²) in [6, 6.07) is 11.6. The smallest absolute Gasteiger partial charge is 0.294 e. The second-order valence-corrected chi connectivity index (χ2v) is 9.64. The first-order chi connectivity index (χ1) is 16.4. The van der Waals surface area contributed by atoms with Gasteiger partial charge in [-0.3, -0.25) is 19.3 Å². The molecule has 1 fully saturated rings. The molecule has 2 aromatic rings. The molecule has 3 amide bonds. The maximum Gasteiger partial charge on any atom is 0.294 e. The Bertz CT molecular complexity index is 1170. The molecule has 7 nitrogen and oxygen atoms in total. The summed E-state index contributed by atoms with van der Waals surface area (Å²) in [5.74, 6) is 0.457. The summed E-state index contributed by atoms with van der Waals surface area (Å²) in [4.78, 5) is 41.5. The van der Waals surface area contributed by atoms with Crippen LogP contribution in [0.5, 0.6) is 11.5 Å². The van der Waals surface area contributed by atoms with E-state index in [9.17, 15) is 14.4 Å². The zero-order chi connectivity index (χ0) is 24.2. The Morgan fingerprint density at radius 1 is 1.09 bits per heavy atom. The van der Waals surface area contributed by atoms with Crippen molar-refractivity contribution in [3.05, 3.63) is 62.5 Å². The van der Waals surface area contributed by atoms with Crippen LogP contribution in [0.4, 0.5) is 4.79 Å². The van der Waals surface area contributed by atoms with Crippen LogP contribution in [0.1, 0.15) is 30.5 Å². The van der Waals surface area contributed by atoms with Crippen LogP contribution in [0, 0.1) is 0 Å². The van der Waals surface area contributed by atoms with Crippen LogP contribution in [0.2, 0.25) is 0 Å². The lowest BCUT2D eigenvalue weighted by Crippen LogP contribution is -2.44. The van der Waals surface area contributed by atoms with E-state index in [1.54, 1.807) is 23.1 Å². The number of hydrogen-bond acceptors (Lipinski definition) is 6. The van der Waals surface area contributed by atoms with Crippen LogP contribution in [0.25, 0.3) is 6.08 Å². The number of carbonyl (C=O) groups excluding carboxylic acids is 3. The number of carbonyl (C=O) groups is 3. The van der Waals surface area contributed by atoms with Gasteiger partial charge in [0.2, 0.25) is 5.91 Å². The highest BCUT2D eigenvalue weighted by Crippen LogP contribution is 2.38. The molecule has 0 bridgehead atoms. The second kappa shape index (κ2) is 10.7. The number of imide groups is 1. The second-order valence-electron chi connectivity index (χ2n) is 7.79. The molecule has 4 rings (SSSR count). The molecule has 178 valence electrons. The number of fused-ring (bicyclic) bond motifs is 1. The molecule has 0 saturated carbocycles. The van der Waals surface area contributed by atoms with Crippen molar-refractivity contribution >= 4 is 50.8 Å². The molecular weight excluding hydrogens is 520 g/mol. The fraction of sp³-hybridized carbons (Fsp3) is 0.320. The van der Waals surface area contributed by atoms with Gasteiger partial charge in [0, 0.05) is 24.7 Å². The lowest BCUT2D eigenvalue weighted by Gasteiger charge is -2.29. The van der Waals surface area contributed by atoms with Crippen molar-refractivity contribution in [2.75, 3.05) is 26.3 Å². The molecular formula is C25H25BrN2O5S. The van der Waals surface area contributed by atoms with Gasteiger partial charge in [0.05, 0.1) is 22.6 Å². The minimum Gasteiger partial charge on any atom is -0.493 e. The monoisotopic (exact) mass is 544 g/mol. The van der Waals surface area contributed by atoms with Gasteiger partial charge in [-0.1, -0.05) is 24.3 Å². The van der Waals surface area contributed by atoms with E-state index in [4.69, 9.17) is 9.47 Å². The lowest BCUT2D eigenvalue weighted by atomic mass is 10.00. The molecule has 2 heterocycles. The molecule has 1 saturated heterocycles. The maximum atomic E-state index is 13.0. The van der Waals surface area contributed by atoms with Crippen LogP contribution in [-0.4, -0.2) is 53.2 Å². The van der Waals surface area contributed by atoms with Crippen LogP contribution in [0.3, 0.4) is 0 Å². The number of thioether (sulfide) groups is 1.